The third-order valence-electron chi connectivity index (χ3n) is 3.35. The maximum absolute atomic E-state index is 12.1. The summed E-state index contributed by atoms with van der Waals surface area (Å²) in [5.41, 5.74) is -0.491. The molecule has 3 nitrogen and oxygen atoms in total. The molecular weight excluding hydrogens is 228 g/mol. The largest absolute Gasteiger partial charge is 0.498 e. The molecule has 18 heavy (non-hydrogen) atoms. The summed E-state index contributed by atoms with van der Waals surface area (Å²) < 4.78 is 5.38. The van der Waals surface area contributed by atoms with Gasteiger partial charge >= 0.3 is 0 Å². The van der Waals surface area contributed by atoms with Crippen molar-refractivity contribution in [3.05, 3.63) is 24.0 Å². The summed E-state index contributed by atoms with van der Waals surface area (Å²) in [6.45, 7) is 6.46. The molecule has 3 heteroatoms. The molecule has 1 aliphatic carbocycles. The number of aliphatic hydroxyl groups excluding tert-OH is 1. The fraction of sp³-hybridized carbons (Fsp3) is 0.667. The number of hydrogen-bond donors (Lipinski definition) is 1. The van der Waals surface area contributed by atoms with Crippen LogP contribution in [0.1, 0.15) is 46.5 Å². The number of ketones is 1. The maximum atomic E-state index is 12.1. The summed E-state index contributed by atoms with van der Waals surface area (Å²) in [4.78, 5) is 12.1. The first-order valence-corrected chi connectivity index (χ1v) is 6.77. The van der Waals surface area contributed by atoms with Gasteiger partial charge in [0, 0.05) is 17.9 Å². The molecule has 0 unspecified atom stereocenters. The lowest BCUT2D eigenvalue weighted by Crippen LogP contribution is -2.28. The highest BCUT2D eigenvalue weighted by Crippen LogP contribution is 2.34. The predicted octanol–water partition coefficient (Wildman–Crippen LogP) is 2.99. The van der Waals surface area contributed by atoms with E-state index in [-0.39, 0.29) is 5.78 Å². The molecule has 1 aliphatic rings. The standard InChI is InChI=1S/C15H24O3/c1-4-6-12(16)7-9-15(3)10-8-13(18-5-2)11-14(15)17/h7,9,11-12,16H,4-6,8,10H2,1-3H3/b9-7+/t12-,15-/m0/s1. The Morgan fingerprint density at radius 3 is 2.83 bits per heavy atom. The van der Waals surface area contributed by atoms with Crippen molar-refractivity contribution in [3.63, 3.8) is 0 Å². The second kappa shape index (κ2) is 6.74. The number of rotatable bonds is 6. The molecule has 0 saturated heterocycles. The van der Waals surface area contributed by atoms with Crippen LogP contribution < -0.4 is 0 Å². The van der Waals surface area contributed by atoms with Gasteiger partial charge in [-0.3, -0.25) is 4.79 Å². The van der Waals surface area contributed by atoms with Gasteiger partial charge in [-0.25, -0.2) is 0 Å². The topological polar surface area (TPSA) is 46.5 Å². The van der Waals surface area contributed by atoms with E-state index in [1.165, 1.54) is 0 Å². The van der Waals surface area contributed by atoms with Gasteiger partial charge in [0.2, 0.25) is 0 Å². The minimum atomic E-state index is -0.491. The van der Waals surface area contributed by atoms with Crippen LogP contribution in [0.2, 0.25) is 0 Å². The normalized spacial score (nSPS) is 26.2. The van der Waals surface area contributed by atoms with Gasteiger partial charge in [-0.15, -0.1) is 0 Å². The molecule has 0 amide bonds. The van der Waals surface area contributed by atoms with Crippen molar-refractivity contribution in [3.8, 4) is 0 Å². The highest BCUT2D eigenvalue weighted by molar-refractivity contribution is 5.97. The van der Waals surface area contributed by atoms with Gasteiger partial charge in [-0.05, 0) is 26.7 Å². The Morgan fingerprint density at radius 2 is 2.28 bits per heavy atom. The van der Waals surface area contributed by atoms with Gasteiger partial charge < -0.3 is 9.84 Å². The van der Waals surface area contributed by atoms with Crippen molar-refractivity contribution in [1.29, 1.82) is 0 Å². The van der Waals surface area contributed by atoms with Crippen LogP contribution in [-0.4, -0.2) is 23.6 Å². The van der Waals surface area contributed by atoms with Crippen LogP contribution in [0.4, 0.5) is 0 Å². The first-order valence-electron chi connectivity index (χ1n) is 6.77. The Kier molecular flexibility index (Phi) is 5.60. The van der Waals surface area contributed by atoms with Crippen molar-refractivity contribution in [2.24, 2.45) is 5.41 Å². The molecule has 1 rings (SSSR count). The number of carbonyl (C=O) groups is 1. The first-order chi connectivity index (χ1) is 8.51. The lowest BCUT2D eigenvalue weighted by molar-refractivity contribution is -0.122. The van der Waals surface area contributed by atoms with Gasteiger partial charge in [0.15, 0.2) is 5.78 Å². The van der Waals surface area contributed by atoms with E-state index in [0.717, 1.165) is 31.4 Å². The Labute approximate surface area is 110 Å². The first kappa shape index (κ1) is 15.0. The molecule has 0 aromatic rings. The molecule has 0 heterocycles. The van der Waals surface area contributed by atoms with Gasteiger partial charge in [0.1, 0.15) is 0 Å². The number of allylic oxidation sites excluding steroid dienone is 3. The highest BCUT2D eigenvalue weighted by Gasteiger charge is 2.33. The molecule has 0 bridgehead atoms. The van der Waals surface area contributed by atoms with Crippen LogP contribution in [0.15, 0.2) is 24.0 Å². The molecule has 0 fully saturated rings. The summed E-state index contributed by atoms with van der Waals surface area (Å²) in [5, 5.41) is 9.68. The van der Waals surface area contributed by atoms with Crippen LogP contribution in [0, 0.1) is 5.41 Å². The number of ether oxygens (including phenoxy) is 1. The van der Waals surface area contributed by atoms with E-state index >= 15 is 0 Å². The van der Waals surface area contributed by atoms with Crippen molar-refractivity contribution in [2.75, 3.05) is 6.61 Å². The zero-order chi connectivity index (χ0) is 13.6. The fourth-order valence-corrected chi connectivity index (χ4v) is 2.07. The predicted molar refractivity (Wildman–Crippen MR) is 72.1 cm³/mol. The molecule has 2 atom stereocenters. The molecular formula is C15H24O3. The molecule has 0 saturated carbocycles. The Morgan fingerprint density at radius 1 is 1.56 bits per heavy atom. The maximum Gasteiger partial charge on any atom is 0.168 e. The summed E-state index contributed by atoms with van der Waals surface area (Å²) in [7, 11) is 0. The van der Waals surface area contributed by atoms with E-state index in [1.54, 1.807) is 12.2 Å². The van der Waals surface area contributed by atoms with Crippen LogP contribution in [0.3, 0.4) is 0 Å². The van der Waals surface area contributed by atoms with E-state index < -0.39 is 11.5 Å². The van der Waals surface area contributed by atoms with E-state index in [1.807, 2.05) is 26.8 Å². The molecule has 0 aromatic carbocycles. The average Bonchev–Trinajstić information content (AvgIpc) is 2.33. The zero-order valence-electron chi connectivity index (χ0n) is 11.6. The van der Waals surface area contributed by atoms with Gasteiger partial charge in [0.05, 0.1) is 18.5 Å². The van der Waals surface area contributed by atoms with Gasteiger partial charge in [-0.2, -0.15) is 0 Å². The minimum Gasteiger partial charge on any atom is -0.498 e. The molecule has 0 aromatic heterocycles. The number of hydrogen-bond acceptors (Lipinski definition) is 3. The Balaban J connectivity index is 2.68. The smallest absolute Gasteiger partial charge is 0.168 e. The van der Waals surface area contributed by atoms with E-state index in [2.05, 4.69) is 0 Å². The molecule has 0 spiro atoms. The van der Waals surface area contributed by atoms with E-state index in [4.69, 9.17) is 4.74 Å². The lowest BCUT2D eigenvalue weighted by Gasteiger charge is -2.28. The van der Waals surface area contributed by atoms with Crippen molar-refractivity contribution in [1.82, 2.24) is 0 Å². The summed E-state index contributed by atoms with van der Waals surface area (Å²) in [6.07, 6.45) is 7.96. The molecule has 0 radical (unpaired) electrons. The van der Waals surface area contributed by atoms with Crippen LogP contribution in [0.25, 0.3) is 0 Å². The molecule has 0 aliphatic heterocycles. The van der Waals surface area contributed by atoms with Crippen molar-refractivity contribution in [2.45, 2.75) is 52.6 Å². The lowest BCUT2D eigenvalue weighted by atomic mass is 9.76. The SMILES string of the molecule is CCC[C@H](O)/C=C/[C@@]1(C)CCC(OCC)=CC1=O. The highest BCUT2D eigenvalue weighted by atomic mass is 16.5. The van der Waals surface area contributed by atoms with E-state index in [0.29, 0.717) is 6.61 Å². The van der Waals surface area contributed by atoms with Crippen LogP contribution in [0.5, 0.6) is 0 Å². The third kappa shape index (κ3) is 3.98. The van der Waals surface area contributed by atoms with Crippen molar-refractivity contribution >= 4 is 5.78 Å². The van der Waals surface area contributed by atoms with Gasteiger partial charge in [-0.1, -0.05) is 25.5 Å². The second-order valence-electron chi connectivity index (χ2n) is 5.04. The third-order valence-corrected chi connectivity index (χ3v) is 3.35. The molecule has 1 N–H and O–H groups in total. The Bertz CT molecular complexity index is 344. The second-order valence-corrected chi connectivity index (χ2v) is 5.04. The van der Waals surface area contributed by atoms with Gasteiger partial charge in [0.25, 0.3) is 0 Å². The monoisotopic (exact) mass is 252 g/mol. The number of carbonyl (C=O) groups excluding carboxylic acids is 1. The summed E-state index contributed by atoms with van der Waals surface area (Å²) in [5.74, 6) is 0.847. The van der Waals surface area contributed by atoms with Crippen molar-refractivity contribution < 1.29 is 14.6 Å². The van der Waals surface area contributed by atoms with Crippen LogP contribution >= 0.6 is 0 Å². The Hall–Kier alpha value is -1.09. The fourth-order valence-electron chi connectivity index (χ4n) is 2.07. The quantitative estimate of drug-likeness (QED) is 0.739. The summed E-state index contributed by atoms with van der Waals surface area (Å²) in [6, 6.07) is 0. The summed E-state index contributed by atoms with van der Waals surface area (Å²) >= 11 is 0. The minimum absolute atomic E-state index is 0.0668. The van der Waals surface area contributed by atoms with Crippen LogP contribution in [-0.2, 0) is 9.53 Å². The van der Waals surface area contributed by atoms with E-state index in [9.17, 15) is 9.90 Å². The number of aliphatic hydroxyl groups is 1. The zero-order valence-corrected chi connectivity index (χ0v) is 11.6. The molecule has 102 valence electrons. The average molecular weight is 252 g/mol.